The van der Waals surface area contributed by atoms with Crippen molar-refractivity contribution < 1.29 is 4.42 Å². The third-order valence-electron chi connectivity index (χ3n) is 4.48. The van der Waals surface area contributed by atoms with Gasteiger partial charge >= 0.3 is 0 Å². The minimum Gasteiger partial charge on any atom is -0.465 e. The van der Waals surface area contributed by atoms with E-state index >= 15 is 0 Å². The highest BCUT2D eigenvalue weighted by atomic mass is 16.3. The van der Waals surface area contributed by atoms with E-state index in [1.165, 1.54) is 31.5 Å². The van der Waals surface area contributed by atoms with Crippen molar-refractivity contribution in [1.29, 1.82) is 0 Å². The van der Waals surface area contributed by atoms with Gasteiger partial charge in [-0.05, 0) is 66.0 Å². The molecule has 1 aromatic rings. The SMILES string of the molecule is CCCNCc1cc(CN2CCC(N(C)C)CC2)c(C)o1. The number of nitrogens with one attached hydrogen (secondary N) is 1. The number of nitrogens with zero attached hydrogens (tertiary/aromatic N) is 2. The fourth-order valence-electron chi connectivity index (χ4n) is 3.05. The van der Waals surface area contributed by atoms with Crippen LogP contribution >= 0.6 is 0 Å². The van der Waals surface area contributed by atoms with Gasteiger partial charge in [0.2, 0.25) is 0 Å². The molecule has 1 N–H and O–H groups in total. The molecule has 0 spiro atoms. The quantitative estimate of drug-likeness (QED) is 0.783. The average Bonchev–Trinajstić information content (AvgIpc) is 2.80. The molecule has 2 heterocycles. The Morgan fingerprint density at radius 2 is 2.05 bits per heavy atom. The van der Waals surface area contributed by atoms with Crippen LogP contribution < -0.4 is 5.32 Å². The summed E-state index contributed by atoms with van der Waals surface area (Å²) in [6.07, 6.45) is 3.71. The summed E-state index contributed by atoms with van der Waals surface area (Å²) >= 11 is 0. The van der Waals surface area contributed by atoms with Crippen molar-refractivity contribution in [2.75, 3.05) is 33.7 Å². The van der Waals surface area contributed by atoms with Crippen LogP contribution in [0.4, 0.5) is 0 Å². The topological polar surface area (TPSA) is 31.6 Å². The molecule has 4 nitrogen and oxygen atoms in total. The van der Waals surface area contributed by atoms with Crippen LogP contribution in [0.5, 0.6) is 0 Å². The van der Waals surface area contributed by atoms with E-state index in [4.69, 9.17) is 4.42 Å². The number of piperidine rings is 1. The lowest BCUT2D eigenvalue weighted by atomic mass is 10.0. The zero-order chi connectivity index (χ0) is 15.2. The van der Waals surface area contributed by atoms with E-state index in [-0.39, 0.29) is 0 Å². The van der Waals surface area contributed by atoms with Gasteiger partial charge in [-0.15, -0.1) is 0 Å². The molecule has 21 heavy (non-hydrogen) atoms. The summed E-state index contributed by atoms with van der Waals surface area (Å²) in [5.41, 5.74) is 1.35. The van der Waals surface area contributed by atoms with Crippen LogP contribution in [0, 0.1) is 6.92 Å². The highest BCUT2D eigenvalue weighted by Crippen LogP contribution is 2.20. The van der Waals surface area contributed by atoms with E-state index in [1.807, 2.05) is 0 Å². The third kappa shape index (κ3) is 4.83. The van der Waals surface area contributed by atoms with E-state index in [1.54, 1.807) is 0 Å². The lowest BCUT2D eigenvalue weighted by molar-refractivity contribution is 0.139. The molecule has 0 amide bonds. The summed E-state index contributed by atoms with van der Waals surface area (Å²) in [7, 11) is 4.38. The van der Waals surface area contributed by atoms with Gasteiger partial charge in [-0.3, -0.25) is 4.90 Å². The molecular formula is C17H31N3O. The van der Waals surface area contributed by atoms with Gasteiger partial charge in [0.1, 0.15) is 11.5 Å². The number of hydrogen-bond donors (Lipinski definition) is 1. The van der Waals surface area contributed by atoms with Gasteiger partial charge in [0.05, 0.1) is 6.54 Å². The van der Waals surface area contributed by atoms with Gasteiger partial charge in [-0.1, -0.05) is 6.92 Å². The van der Waals surface area contributed by atoms with Crippen molar-refractivity contribution in [3.05, 3.63) is 23.2 Å². The Morgan fingerprint density at radius 1 is 1.33 bits per heavy atom. The summed E-state index contributed by atoms with van der Waals surface area (Å²) in [4.78, 5) is 4.92. The second-order valence-corrected chi connectivity index (χ2v) is 6.44. The molecule has 4 heteroatoms. The molecule has 0 saturated carbocycles. The van der Waals surface area contributed by atoms with Crippen molar-refractivity contribution in [1.82, 2.24) is 15.1 Å². The molecule has 1 saturated heterocycles. The highest BCUT2D eigenvalue weighted by Gasteiger charge is 2.21. The standard InChI is InChI=1S/C17H31N3O/c1-5-8-18-12-17-11-15(14(2)21-17)13-20-9-6-16(7-10-20)19(3)4/h11,16,18H,5-10,12-13H2,1-4H3. The minimum absolute atomic E-state index is 0.750. The van der Waals surface area contributed by atoms with Gasteiger partial charge in [0.15, 0.2) is 0 Å². The first-order chi connectivity index (χ1) is 10.1. The Bertz CT molecular complexity index is 420. The molecule has 1 aromatic heterocycles. The van der Waals surface area contributed by atoms with E-state index in [2.05, 4.69) is 49.1 Å². The zero-order valence-corrected chi connectivity index (χ0v) is 14.1. The Labute approximate surface area is 129 Å². The molecule has 0 atom stereocenters. The monoisotopic (exact) mass is 293 g/mol. The second kappa shape index (κ2) is 7.97. The zero-order valence-electron chi connectivity index (χ0n) is 14.1. The summed E-state index contributed by atoms with van der Waals surface area (Å²) in [5.74, 6) is 2.15. The van der Waals surface area contributed by atoms with Crippen LogP contribution in [-0.4, -0.2) is 49.6 Å². The Hall–Kier alpha value is -0.840. The number of rotatable bonds is 7. The van der Waals surface area contributed by atoms with Crippen LogP contribution in [-0.2, 0) is 13.1 Å². The van der Waals surface area contributed by atoms with Crippen molar-refractivity contribution in [2.45, 2.75) is 52.2 Å². The van der Waals surface area contributed by atoms with Crippen molar-refractivity contribution in [3.8, 4) is 0 Å². The maximum Gasteiger partial charge on any atom is 0.118 e. The molecule has 1 aliphatic rings. The molecule has 0 radical (unpaired) electrons. The van der Waals surface area contributed by atoms with Gasteiger partial charge in [0.25, 0.3) is 0 Å². The Kier molecular flexibility index (Phi) is 6.27. The average molecular weight is 293 g/mol. The molecule has 120 valence electrons. The Morgan fingerprint density at radius 3 is 2.67 bits per heavy atom. The summed E-state index contributed by atoms with van der Waals surface area (Å²) in [6, 6.07) is 2.98. The fraction of sp³-hybridized carbons (Fsp3) is 0.765. The van der Waals surface area contributed by atoms with Crippen molar-refractivity contribution in [2.24, 2.45) is 0 Å². The predicted molar refractivity (Wildman–Crippen MR) is 87.4 cm³/mol. The van der Waals surface area contributed by atoms with Gasteiger partial charge in [-0.25, -0.2) is 0 Å². The number of hydrogen-bond acceptors (Lipinski definition) is 4. The maximum absolute atomic E-state index is 5.86. The molecule has 1 aliphatic heterocycles. The van der Waals surface area contributed by atoms with E-state index in [0.717, 1.165) is 43.6 Å². The number of aryl methyl sites for hydroxylation is 1. The van der Waals surface area contributed by atoms with Crippen LogP contribution in [0.3, 0.4) is 0 Å². The molecule has 0 aliphatic carbocycles. The van der Waals surface area contributed by atoms with Crippen LogP contribution in [0.1, 0.15) is 43.3 Å². The molecular weight excluding hydrogens is 262 g/mol. The van der Waals surface area contributed by atoms with Crippen LogP contribution in [0.25, 0.3) is 0 Å². The third-order valence-corrected chi connectivity index (χ3v) is 4.48. The van der Waals surface area contributed by atoms with E-state index in [0.29, 0.717) is 0 Å². The largest absolute Gasteiger partial charge is 0.465 e. The van der Waals surface area contributed by atoms with Crippen molar-refractivity contribution in [3.63, 3.8) is 0 Å². The number of likely N-dealkylation sites (tertiary alicyclic amines) is 1. The second-order valence-electron chi connectivity index (χ2n) is 6.44. The Balaban J connectivity index is 1.83. The smallest absolute Gasteiger partial charge is 0.118 e. The fourth-order valence-corrected chi connectivity index (χ4v) is 3.05. The number of furan rings is 1. The first-order valence-corrected chi connectivity index (χ1v) is 8.27. The molecule has 1 fully saturated rings. The summed E-state index contributed by atoms with van der Waals surface area (Å²) < 4.78 is 5.86. The lowest BCUT2D eigenvalue weighted by Gasteiger charge is -2.35. The maximum atomic E-state index is 5.86. The van der Waals surface area contributed by atoms with Gasteiger partial charge < -0.3 is 14.6 Å². The first-order valence-electron chi connectivity index (χ1n) is 8.27. The van der Waals surface area contributed by atoms with Gasteiger partial charge in [-0.2, -0.15) is 0 Å². The predicted octanol–water partition coefficient (Wildman–Crippen LogP) is 2.61. The van der Waals surface area contributed by atoms with Crippen LogP contribution in [0.15, 0.2) is 10.5 Å². The molecule has 0 unspecified atom stereocenters. The highest BCUT2D eigenvalue weighted by molar-refractivity contribution is 5.20. The summed E-state index contributed by atoms with van der Waals surface area (Å²) in [5, 5.41) is 3.40. The van der Waals surface area contributed by atoms with Gasteiger partial charge in [0, 0.05) is 18.2 Å². The minimum atomic E-state index is 0.750. The molecule has 0 aromatic carbocycles. The van der Waals surface area contributed by atoms with E-state index in [9.17, 15) is 0 Å². The molecule has 2 rings (SSSR count). The van der Waals surface area contributed by atoms with Crippen molar-refractivity contribution >= 4 is 0 Å². The first kappa shape index (κ1) is 16.5. The van der Waals surface area contributed by atoms with Crippen LogP contribution in [0.2, 0.25) is 0 Å². The summed E-state index contributed by atoms with van der Waals surface area (Å²) in [6.45, 7) is 9.58. The lowest BCUT2D eigenvalue weighted by Crippen LogP contribution is -2.41. The molecule has 0 bridgehead atoms. The normalized spacial score (nSPS) is 17.8. The van der Waals surface area contributed by atoms with E-state index < -0.39 is 0 Å².